The molecule has 0 bridgehead atoms. The quantitative estimate of drug-likeness (QED) is 0.750. The summed E-state index contributed by atoms with van der Waals surface area (Å²) < 4.78 is 0. The van der Waals surface area contributed by atoms with Gasteiger partial charge in [-0.05, 0) is 33.4 Å². The molecule has 0 radical (unpaired) electrons. The maximum Gasteiger partial charge on any atom is 0.254 e. The highest BCUT2D eigenvalue weighted by Crippen LogP contribution is 2.16. The topological polar surface area (TPSA) is 77.7 Å². The first kappa shape index (κ1) is 17.1. The molecule has 6 nitrogen and oxygen atoms in total. The largest absolute Gasteiger partial charge is 0.345 e. The van der Waals surface area contributed by atoms with Crippen LogP contribution in [0.4, 0.5) is 0 Å². The van der Waals surface area contributed by atoms with Crippen LogP contribution in [-0.4, -0.2) is 31.9 Å². The summed E-state index contributed by atoms with van der Waals surface area (Å²) >= 11 is 0. The van der Waals surface area contributed by atoms with Crippen molar-refractivity contribution in [1.82, 2.24) is 24.8 Å². The molecule has 25 heavy (non-hydrogen) atoms. The minimum Gasteiger partial charge on any atom is -0.345 e. The molecule has 0 saturated heterocycles. The van der Waals surface area contributed by atoms with Crippen molar-refractivity contribution in [3.8, 4) is 11.4 Å². The molecular weight excluding hydrogens is 314 g/mol. The van der Waals surface area contributed by atoms with E-state index in [1.807, 2.05) is 32.2 Å². The number of aromatic nitrogens is 4. The summed E-state index contributed by atoms with van der Waals surface area (Å²) in [7, 11) is 2.06. The second kappa shape index (κ2) is 7.03. The van der Waals surface area contributed by atoms with Crippen molar-refractivity contribution in [3.63, 3.8) is 0 Å². The summed E-state index contributed by atoms with van der Waals surface area (Å²) in [6, 6.07) is 8.11. The van der Waals surface area contributed by atoms with Crippen LogP contribution >= 0.6 is 0 Å². The standard InChI is InChI=1S/C19H23N5O/c1-12-9-20-17(21-12)11-24(4)10-15-5-7-16(8-6-15)18-22-14(3)13(2)19(25)23-18/h5-9H,10-11H2,1-4H3,(H,20,21)(H,22,23,25). The Morgan fingerprint density at radius 3 is 2.36 bits per heavy atom. The molecule has 0 fully saturated rings. The number of H-pyrrole nitrogens is 2. The molecule has 2 N–H and O–H groups in total. The van der Waals surface area contributed by atoms with Gasteiger partial charge in [0.2, 0.25) is 0 Å². The first-order valence-electron chi connectivity index (χ1n) is 8.28. The molecule has 0 atom stereocenters. The Morgan fingerprint density at radius 2 is 1.76 bits per heavy atom. The number of hydrogen-bond acceptors (Lipinski definition) is 4. The van der Waals surface area contributed by atoms with E-state index in [9.17, 15) is 4.79 Å². The molecule has 2 heterocycles. The lowest BCUT2D eigenvalue weighted by atomic mass is 10.1. The number of benzene rings is 1. The number of imidazole rings is 1. The molecule has 6 heteroatoms. The molecule has 0 aliphatic rings. The molecular formula is C19H23N5O. The molecule has 0 aliphatic heterocycles. The van der Waals surface area contributed by atoms with Gasteiger partial charge in [-0.2, -0.15) is 0 Å². The number of nitrogens with zero attached hydrogens (tertiary/aromatic N) is 3. The van der Waals surface area contributed by atoms with Gasteiger partial charge in [0, 0.05) is 35.3 Å². The lowest BCUT2D eigenvalue weighted by molar-refractivity contribution is 0.311. The van der Waals surface area contributed by atoms with E-state index in [-0.39, 0.29) is 5.56 Å². The van der Waals surface area contributed by atoms with Gasteiger partial charge in [-0.3, -0.25) is 9.69 Å². The monoisotopic (exact) mass is 337 g/mol. The van der Waals surface area contributed by atoms with Gasteiger partial charge in [0.15, 0.2) is 0 Å². The second-order valence-corrected chi connectivity index (χ2v) is 6.51. The maximum absolute atomic E-state index is 11.9. The Morgan fingerprint density at radius 1 is 1.04 bits per heavy atom. The number of aromatic amines is 2. The highest BCUT2D eigenvalue weighted by Gasteiger charge is 2.08. The van der Waals surface area contributed by atoms with Crippen LogP contribution in [0.2, 0.25) is 0 Å². The number of aryl methyl sites for hydroxylation is 2. The van der Waals surface area contributed by atoms with Crippen LogP contribution in [0.3, 0.4) is 0 Å². The molecule has 0 saturated carbocycles. The van der Waals surface area contributed by atoms with Crippen LogP contribution in [0.5, 0.6) is 0 Å². The zero-order valence-corrected chi connectivity index (χ0v) is 15.1. The van der Waals surface area contributed by atoms with Gasteiger partial charge < -0.3 is 9.97 Å². The minimum absolute atomic E-state index is 0.0833. The van der Waals surface area contributed by atoms with Crippen molar-refractivity contribution in [3.05, 3.63) is 69.2 Å². The fraction of sp³-hybridized carbons (Fsp3) is 0.316. The molecule has 0 aliphatic carbocycles. The zero-order chi connectivity index (χ0) is 18.0. The van der Waals surface area contributed by atoms with Crippen LogP contribution in [0.1, 0.15) is 28.3 Å². The molecule has 0 unspecified atom stereocenters. The van der Waals surface area contributed by atoms with E-state index in [2.05, 4.69) is 44.0 Å². The summed E-state index contributed by atoms with van der Waals surface area (Å²) in [5.41, 5.74) is 4.52. The van der Waals surface area contributed by atoms with E-state index < -0.39 is 0 Å². The van der Waals surface area contributed by atoms with E-state index in [0.717, 1.165) is 35.9 Å². The van der Waals surface area contributed by atoms with Gasteiger partial charge >= 0.3 is 0 Å². The first-order valence-corrected chi connectivity index (χ1v) is 8.28. The Hall–Kier alpha value is -2.73. The van der Waals surface area contributed by atoms with Crippen molar-refractivity contribution in [2.24, 2.45) is 0 Å². The van der Waals surface area contributed by atoms with E-state index in [1.165, 1.54) is 5.56 Å². The molecule has 0 amide bonds. The van der Waals surface area contributed by atoms with Crippen LogP contribution in [0.25, 0.3) is 11.4 Å². The summed E-state index contributed by atoms with van der Waals surface area (Å²) in [6.45, 7) is 7.22. The van der Waals surface area contributed by atoms with Crippen molar-refractivity contribution in [2.75, 3.05) is 7.05 Å². The summed E-state index contributed by atoms with van der Waals surface area (Å²) in [6.07, 6.45) is 1.84. The molecule has 3 aromatic rings. The average molecular weight is 337 g/mol. The van der Waals surface area contributed by atoms with E-state index in [1.54, 1.807) is 6.92 Å². The van der Waals surface area contributed by atoms with Crippen molar-refractivity contribution < 1.29 is 0 Å². The van der Waals surface area contributed by atoms with Crippen LogP contribution in [0, 0.1) is 20.8 Å². The van der Waals surface area contributed by atoms with Gasteiger partial charge in [0.25, 0.3) is 5.56 Å². The Bertz CT molecular complexity index is 924. The maximum atomic E-state index is 11.9. The van der Waals surface area contributed by atoms with Crippen LogP contribution in [-0.2, 0) is 13.1 Å². The summed E-state index contributed by atoms with van der Waals surface area (Å²) in [4.78, 5) is 29.0. The fourth-order valence-corrected chi connectivity index (χ4v) is 2.72. The third-order valence-corrected chi connectivity index (χ3v) is 4.25. The SMILES string of the molecule is Cc1cnc(CN(C)Cc2ccc(-c3nc(C)c(C)c(=O)[nH]3)cc2)[nH]1. The third-order valence-electron chi connectivity index (χ3n) is 4.25. The van der Waals surface area contributed by atoms with E-state index in [0.29, 0.717) is 11.4 Å². The van der Waals surface area contributed by atoms with Crippen LogP contribution in [0.15, 0.2) is 35.3 Å². The zero-order valence-electron chi connectivity index (χ0n) is 15.1. The number of rotatable bonds is 5. The molecule has 1 aromatic carbocycles. The molecule has 3 rings (SSSR count). The predicted octanol–water partition coefficient (Wildman–Crippen LogP) is 2.72. The van der Waals surface area contributed by atoms with Gasteiger partial charge in [0.05, 0.1) is 6.54 Å². The van der Waals surface area contributed by atoms with Gasteiger partial charge in [0.1, 0.15) is 11.6 Å². The number of nitrogens with one attached hydrogen (secondary N) is 2. The van der Waals surface area contributed by atoms with Crippen molar-refractivity contribution in [1.29, 1.82) is 0 Å². The van der Waals surface area contributed by atoms with Gasteiger partial charge in [-0.1, -0.05) is 24.3 Å². The fourth-order valence-electron chi connectivity index (χ4n) is 2.72. The Labute approximate surface area is 147 Å². The van der Waals surface area contributed by atoms with Gasteiger partial charge in [-0.25, -0.2) is 9.97 Å². The Balaban J connectivity index is 1.71. The third kappa shape index (κ3) is 4.03. The first-order chi connectivity index (χ1) is 11.9. The molecule has 2 aromatic heterocycles. The molecule has 130 valence electrons. The van der Waals surface area contributed by atoms with Crippen molar-refractivity contribution >= 4 is 0 Å². The van der Waals surface area contributed by atoms with E-state index >= 15 is 0 Å². The normalized spacial score (nSPS) is 11.2. The van der Waals surface area contributed by atoms with Crippen molar-refractivity contribution in [2.45, 2.75) is 33.9 Å². The minimum atomic E-state index is -0.0833. The second-order valence-electron chi connectivity index (χ2n) is 6.51. The van der Waals surface area contributed by atoms with Crippen LogP contribution < -0.4 is 5.56 Å². The highest BCUT2D eigenvalue weighted by molar-refractivity contribution is 5.55. The number of hydrogen-bond donors (Lipinski definition) is 2. The lowest BCUT2D eigenvalue weighted by Gasteiger charge is -2.15. The van der Waals surface area contributed by atoms with E-state index in [4.69, 9.17) is 0 Å². The summed E-state index contributed by atoms with van der Waals surface area (Å²) in [5, 5.41) is 0. The predicted molar refractivity (Wildman–Crippen MR) is 98.3 cm³/mol. The average Bonchev–Trinajstić information content (AvgIpc) is 2.97. The Kier molecular flexibility index (Phi) is 4.81. The highest BCUT2D eigenvalue weighted by atomic mass is 16.1. The smallest absolute Gasteiger partial charge is 0.254 e. The summed E-state index contributed by atoms with van der Waals surface area (Å²) in [5.74, 6) is 1.58. The van der Waals surface area contributed by atoms with Gasteiger partial charge in [-0.15, -0.1) is 0 Å². The molecule has 0 spiro atoms. The lowest BCUT2D eigenvalue weighted by Crippen LogP contribution is -2.18.